The Morgan fingerprint density at radius 3 is 2.53 bits per heavy atom. The van der Waals surface area contributed by atoms with Crippen molar-refractivity contribution in [2.45, 2.75) is 13.3 Å². The van der Waals surface area contributed by atoms with Crippen molar-refractivity contribution in [2.75, 3.05) is 20.8 Å². The largest absolute Gasteiger partial charge is 0.469 e. The molecule has 0 spiro atoms. The third-order valence-electron chi connectivity index (χ3n) is 2.61. The molecule has 94 valence electrons. The summed E-state index contributed by atoms with van der Waals surface area (Å²) in [5, 5.41) is 0. The van der Waals surface area contributed by atoms with Crippen LogP contribution in [0.2, 0.25) is 0 Å². The summed E-state index contributed by atoms with van der Waals surface area (Å²) in [5.74, 6) is -1.60. The molecule has 1 fully saturated rings. The Labute approximate surface area is 99.2 Å². The first-order valence-corrected chi connectivity index (χ1v) is 5.14. The number of methoxy groups -OCH3 is 2. The van der Waals surface area contributed by atoms with Gasteiger partial charge in [-0.2, -0.15) is 0 Å². The van der Waals surface area contributed by atoms with E-state index in [4.69, 9.17) is 0 Å². The molecule has 0 bridgehead atoms. The number of rotatable bonds is 3. The summed E-state index contributed by atoms with van der Waals surface area (Å²) in [4.78, 5) is 35.4. The van der Waals surface area contributed by atoms with Crippen LogP contribution in [0.15, 0.2) is 11.8 Å². The summed E-state index contributed by atoms with van der Waals surface area (Å²) in [5.41, 5.74) is 0.466. The number of nitrogens with zero attached hydrogens (tertiary/aromatic N) is 1. The number of carbonyl (C=O) groups is 3. The minimum Gasteiger partial charge on any atom is -0.469 e. The van der Waals surface area contributed by atoms with Crippen molar-refractivity contribution in [1.82, 2.24) is 4.90 Å². The number of likely N-dealkylation sites (tertiary alicyclic amines) is 1. The molecule has 1 atom stereocenters. The van der Waals surface area contributed by atoms with E-state index in [1.807, 2.05) is 0 Å². The quantitative estimate of drug-likeness (QED) is 0.517. The van der Waals surface area contributed by atoms with E-state index in [1.165, 1.54) is 25.2 Å². The van der Waals surface area contributed by atoms with Crippen LogP contribution < -0.4 is 0 Å². The highest BCUT2D eigenvalue weighted by Gasteiger charge is 2.35. The molecule has 1 rings (SSSR count). The summed E-state index contributed by atoms with van der Waals surface area (Å²) in [6, 6.07) is 0. The van der Waals surface area contributed by atoms with E-state index in [0.717, 1.165) is 0 Å². The number of hydrogen-bond acceptors (Lipinski definition) is 5. The van der Waals surface area contributed by atoms with Crippen LogP contribution in [0.1, 0.15) is 13.3 Å². The van der Waals surface area contributed by atoms with Crippen LogP contribution in [0.3, 0.4) is 0 Å². The first-order valence-electron chi connectivity index (χ1n) is 5.14. The van der Waals surface area contributed by atoms with Crippen LogP contribution in [0, 0.1) is 5.92 Å². The first-order chi connectivity index (χ1) is 7.99. The fourth-order valence-corrected chi connectivity index (χ4v) is 1.68. The van der Waals surface area contributed by atoms with Gasteiger partial charge in [-0.1, -0.05) is 0 Å². The molecule has 6 nitrogen and oxygen atoms in total. The topological polar surface area (TPSA) is 72.9 Å². The monoisotopic (exact) mass is 241 g/mol. The minimum absolute atomic E-state index is 0.110. The SMILES string of the molecule is COC(=O)C=C(C)N1CC(C(=O)OC)CC1=O. The highest BCUT2D eigenvalue weighted by molar-refractivity contribution is 5.89. The molecule has 1 aliphatic heterocycles. The van der Waals surface area contributed by atoms with E-state index in [-0.39, 0.29) is 18.9 Å². The van der Waals surface area contributed by atoms with E-state index in [2.05, 4.69) is 9.47 Å². The highest BCUT2D eigenvalue weighted by Crippen LogP contribution is 2.22. The Hall–Kier alpha value is -1.85. The van der Waals surface area contributed by atoms with Gasteiger partial charge >= 0.3 is 11.9 Å². The number of carbonyl (C=O) groups excluding carboxylic acids is 3. The van der Waals surface area contributed by atoms with Gasteiger partial charge in [0.05, 0.1) is 20.1 Å². The van der Waals surface area contributed by atoms with Gasteiger partial charge in [-0.05, 0) is 6.92 Å². The summed E-state index contributed by atoms with van der Waals surface area (Å²) in [6.45, 7) is 1.86. The van der Waals surface area contributed by atoms with Gasteiger partial charge < -0.3 is 14.4 Å². The summed E-state index contributed by atoms with van der Waals surface area (Å²) in [6.07, 6.45) is 1.33. The normalized spacial score (nSPS) is 20.4. The van der Waals surface area contributed by atoms with Crippen LogP contribution >= 0.6 is 0 Å². The van der Waals surface area contributed by atoms with Crippen molar-refractivity contribution in [3.05, 3.63) is 11.8 Å². The average molecular weight is 241 g/mol. The molecule has 1 amide bonds. The van der Waals surface area contributed by atoms with Crippen LogP contribution in [0.4, 0.5) is 0 Å². The molecule has 1 aliphatic rings. The van der Waals surface area contributed by atoms with Crippen molar-refractivity contribution < 1.29 is 23.9 Å². The maximum absolute atomic E-state index is 11.6. The van der Waals surface area contributed by atoms with Crippen molar-refractivity contribution in [3.63, 3.8) is 0 Å². The van der Waals surface area contributed by atoms with Crippen LogP contribution in [0.25, 0.3) is 0 Å². The number of hydrogen-bond donors (Lipinski definition) is 0. The number of ether oxygens (including phenoxy) is 2. The maximum atomic E-state index is 11.6. The molecule has 0 N–H and O–H groups in total. The van der Waals surface area contributed by atoms with E-state index < -0.39 is 17.9 Å². The van der Waals surface area contributed by atoms with Crippen molar-refractivity contribution in [1.29, 1.82) is 0 Å². The fourth-order valence-electron chi connectivity index (χ4n) is 1.68. The molecular weight excluding hydrogens is 226 g/mol. The molecule has 1 unspecified atom stereocenters. The molecule has 0 radical (unpaired) electrons. The first kappa shape index (κ1) is 13.2. The second-order valence-electron chi connectivity index (χ2n) is 3.74. The molecular formula is C11H15NO5. The second-order valence-corrected chi connectivity index (χ2v) is 3.74. The minimum atomic E-state index is -0.531. The molecule has 1 heterocycles. The molecule has 0 aliphatic carbocycles. The zero-order valence-corrected chi connectivity index (χ0v) is 10.1. The fraction of sp³-hybridized carbons (Fsp3) is 0.545. The molecule has 0 aromatic carbocycles. The van der Waals surface area contributed by atoms with Gasteiger partial charge in [0, 0.05) is 24.7 Å². The van der Waals surface area contributed by atoms with Crippen LogP contribution in [0.5, 0.6) is 0 Å². The van der Waals surface area contributed by atoms with Gasteiger partial charge in [0.2, 0.25) is 5.91 Å². The molecule has 0 aromatic rings. The van der Waals surface area contributed by atoms with Crippen LogP contribution in [-0.2, 0) is 23.9 Å². The zero-order valence-electron chi connectivity index (χ0n) is 10.1. The van der Waals surface area contributed by atoms with Crippen molar-refractivity contribution in [3.8, 4) is 0 Å². The van der Waals surface area contributed by atoms with E-state index >= 15 is 0 Å². The predicted molar refractivity (Wildman–Crippen MR) is 57.6 cm³/mol. The Bertz CT molecular complexity index is 374. The summed E-state index contributed by atoms with van der Waals surface area (Å²) < 4.78 is 9.05. The lowest BCUT2D eigenvalue weighted by Crippen LogP contribution is -2.25. The lowest BCUT2D eigenvalue weighted by Gasteiger charge is -2.16. The second kappa shape index (κ2) is 5.47. The third kappa shape index (κ3) is 3.05. The van der Waals surface area contributed by atoms with Gasteiger partial charge in [0.15, 0.2) is 0 Å². The molecule has 6 heteroatoms. The smallest absolute Gasteiger partial charge is 0.332 e. The van der Waals surface area contributed by atoms with Crippen molar-refractivity contribution >= 4 is 17.8 Å². The van der Waals surface area contributed by atoms with E-state index in [9.17, 15) is 14.4 Å². The number of esters is 2. The van der Waals surface area contributed by atoms with Gasteiger partial charge in [-0.15, -0.1) is 0 Å². The van der Waals surface area contributed by atoms with Gasteiger partial charge in [-0.3, -0.25) is 9.59 Å². The summed E-state index contributed by atoms with van der Waals surface area (Å²) in [7, 11) is 2.54. The average Bonchev–Trinajstić information content (AvgIpc) is 2.70. The molecule has 0 aromatic heterocycles. The maximum Gasteiger partial charge on any atom is 0.332 e. The Morgan fingerprint density at radius 2 is 2.00 bits per heavy atom. The molecule has 1 saturated heterocycles. The Balaban J connectivity index is 2.74. The van der Waals surface area contributed by atoms with Gasteiger partial charge in [0.25, 0.3) is 0 Å². The lowest BCUT2D eigenvalue weighted by atomic mass is 10.1. The summed E-state index contributed by atoms with van der Waals surface area (Å²) >= 11 is 0. The highest BCUT2D eigenvalue weighted by atomic mass is 16.5. The predicted octanol–water partition coefficient (Wildman–Crippen LogP) is 0.0847. The number of allylic oxidation sites excluding steroid dienone is 1. The van der Waals surface area contributed by atoms with Gasteiger partial charge in [-0.25, -0.2) is 4.79 Å². The number of amides is 1. The Morgan fingerprint density at radius 1 is 1.35 bits per heavy atom. The van der Waals surface area contributed by atoms with Crippen LogP contribution in [-0.4, -0.2) is 43.5 Å². The molecule has 17 heavy (non-hydrogen) atoms. The third-order valence-corrected chi connectivity index (χ3v) is 2.61. The zero-order chi connectivity index (χ0) is 13.0. The van der Waals surface area contributed by atoms with E-state index in [0.29, 0.717) is 5.70 Å². The lowest BCUT2D eigenvalue weighted by molar-refractivity contribution is -0.145. The molecule has 0 saturated carbocycles. The van der Waals surface area contributed by atoms with Gasteiger partial charge in [0.1, 0.15) is 0 Å². The Kier molecular flexibility index (Phi) is 4.25. The van der Waals surface area contributed by atoms with Crippen molar-refractivity contribution in [2.24, 2.45) is 5.92 Å². The standard InChI is InChI=1S/C11H15NO5/c1-7(4-10(14)16-2)12-6-8(5-9(12)13)11(15)17-3/h4,8H,5-6H2,1-3H3. The van der Waals surface area contributed by atoms with E-state index in [1.54, 1.807) is 6.92 Å².